The highest BCUT2D eigenvalue weighted by atomic mass is 32.2. The molecule has 1 aromatic carbocycles. The summed E-state index contributed by atoms with van der Waals surface area (Å²) in [4.78, 5) is 2.46. The van der Waals surface area contributed by atoms with Crippen LogP contribution in [0.25, 0.3) is 0 Å². The van der Waals surface area contributed by atoms with Crippen LogP contribution in [0.5, 0.6) is 0 Å². The number of benzene rings is 1. The average Bonchev–Trinajstić information content (AvgIpc) is 2.87. The number of aryl methyl sites for hydroxylation is 1. The molecular formula is C16H20FNS2. The van der Waals surface area contributed by atoms with Crippen molar-refractivity contribution < 1.29 is 4.39 Å². The van der Waals surface area contributed by atoms with Crippen LogP contribution in [0.15, 0.2) is 40.6 Å². The third kappa shape index (κ3) is 4.62. The normalized spacial score (nSPS) is 12.6. The first kappa shape index (κ1) is 15.5. The Morgan fingerprint density at radius 1 is 1.30 bits per heavy atom. The smallest absolute Gasteiger partial charge is 0.123 e. The van der Waals surface area contributed by atoms with Gasteiger partial charge in [-0.3, -0.25) is 0 Å². The predicted molar refractivity (Wildman–Crippen MR) is 87.2 cm³/mol. The van der Waals surface area contributed by atoms with E-state index in [1.807, 2.05) is 12.1 Å². The monoisotopic (exact) mass is 309 g/mol. The lowest BCUT2D eigenvalue weighted by Crippen LogP contribution is -2.23. The molecule has 0 aliphatic carbocycles. The van der Waals surface area contributed by atoms with E-state index in [-0.39, 0.29) is 5.82 Å². The first-order valence-corrected chi connectivity index (χ1v) is 8.72. The average molecular weight is 309 g/mol. The SMILES string of the molecule is CCCNC(CSc1ccc(F)cc1)c1csc(C)c1. The van der Waals surface area contributed by atoms with Crippen molar-refractivity contribution in [2.45, 2.75) is 31.2 Å². The van der Waals surface area contributed by atoms with Crippen LogP contribution >= 0.6 is 23.1 Å². The van der Waals surface area contributed by atoms with Crippen molar-refractivity contribution in [3.63, 3.8) is 0 Å². The third-order valence-corrected chi connectivity index (χ3v) is 5.01. The Hall–Kier alpha value is -0.840. The van der Waals surface area contributed by atoms with Gasteiger partial charge in [0.1, 0.15) is 5.82 Å². The summed E-state index contributed by atoms with van der Waals surface area (Å²) < 4.78 is 12.9. The van der Waals surface area contributed by atoms with Gasteiger partial charge < -0.3 is 5.32 Å². The fourth-order valence-corrected chi connectivity index (χ4v) is 3.70. The van der Waals surface area contributed by atoms with E-state index in [1.54, 1.807) is 23.1 Å². The lowest BCUT2D eigenvalue weighted by atomic mass is 10.1. The van der Waals surface area contributed by atoms with Crippen LogP contribution < -0.4 is 5.32 Å². The molecule has 1 heterocycles. The van der Waals surface area contributed by atoms with Crippen molar-refractivity contribution in [3.05, 3.63) is 52.0 Å². The minimum Gasteiger partial charge on any atom is -0.309 e. The number of thiophene rings is 1. The van der Waals surface area contributed by atoms with Crippen molar-refractivity contribution in [2.75, 3.05) is 12.3 Å². The van der Waals surface area contributed by atoms with E-state index in [9.17, 15) is 4.39 Å². The fourth-order valence-electron chi connectivity index (χ4n) is 1.95. The van der Waals surface area contributed by atoms with Gasteiger partial charge in [-0.15, -0.1) is 23.1 Å². The molecule has 4 heteroatoms. The van der Waals surface area contributed by atoms with Crippen LogP contribution in [-0.4, -0.2) is 12.3 Å². The molecule has 1 unspecified atom stereocenters. The van der Waals surface area contributed by atoms with E-state index < -0.39 is 0 Å². The van der Waals surface area contributed by atoms with E-state index in [2.05, 4.69) is 30.6 Å². The highest BCUT2D eigenvalue weighted by Gasteiger charge is 2.12. The molecule has 0 amide bonds. The molecule has 2 rings (SSSR count). The summed E-state index contributed by atoms with van der Waals surface area (Å²) in [6.07, 6.45) is 1.13. The van der Waals surface area contributed by atoms with Crippen LogP contribution in [0.3, 0.4) is 0 Å². The van der Waals surface area contributed by atoms with Gasteiger partial charge in [0.25, 0.3) is 0 Å². The highest BCUT2D eigenvalue weighted by Crippen LogP contribution is 2.27. The number of hydrogen-bond acceptors (Lipinski definition) is 3. The lowest BCUT2D eigenvalue weighted by Gasteiger charge is -2.17. The summed E-state index contributed by atoms with van der Waals surface area (Å²) in [5.41, 5.74) is 1.36. The maximum atomic E-state index is 12.9. The molecule has 1 aromatic heterocycles. The van der Waals surface area contributed by atoms with E-state index in [4.69, 9.17) is 0 Å². The lowest BCUT2D eigenvalue weighted by molar-refractivity contribution is 0.578. The summed E-state index contributed by atoms with van der Waals surface area (Å²) in [5.74, 6) is 0.783. The van der Waals surface area contributed by atoms with Gasteiger partial charge >= 0.3 is 0 Å². The number of hydrogen-bond donors (Lipinski definition) is 1. The second kappa shape index (κ2) is 7.81. The Labute approximate surface area is 128 Å². The van der Waals surface area contributed by atoms with Crippen molar-refractivity contribution in [1.29, 1.82) is 0 Å². The molecule has 1 nitrogen and oxygen atoms in total. The second-order valence-electron chi connectivity index (χ2n) is 4.76. The second-order valence-corrected chi connectivity index (χ2v) is 6.97. The number of thioether (sulfide) groups is 1. The zero-order valence-electron chi connectivity index (χ0n) is 11.9. The fraction of sp³-hybridized carbons (Fsp3) is 0.375. The van der Waals surface area contributed by atoms with Gasteiger partial charge in [-0.2, -0.15) is 0 Å². The van der Waals surface area contributed by atoms with Crippen LogP contribution in [0.1, 0.15) is 29.8 Å². The van der Waals surface area contributed by atoms with E-state index in [1.165, 1.54) is 22.6 Å². The Morgan fingerprint density at radius 3 is 2.65 bits per heavy atom. The topological polar surface area (TPSA) is 12.0 Å². The molecule has 20 heavy (non-hydrogen) atoms. The largest absolute Gasteiger partial charge is 0.309 e. The summed E-state index contributed by atoms with van der Waals surface area (Å²) in [6, 6.07) is 9.33. The Balaban J connectivity index is 1.98. The van der Waals surface area contributed by atoms with Crippen LogP contribution in [-0.2, 0) is 0 Å². The molecule has 0 aliphatic heterocycles. The maximum absolute atomic E-state index is 12.9. The molecule has 0 fully saturated rings. The van der Waals surface area contributed by atoms with Gasteiger partial charge in [0.05, 0.1) is 0 Å². The Bertz CT molecular complexity index is 522. The van der Waals surface area contributed by atoms with Gasteiger partial charge in [0.15, 0.2) is 0 Å². The van der Waals surface area contributed by atoms with Crippen molar-refractivity contribution in [2.24, 2.45) is 0 Å². The zero-order valence-corrected chi connectivity index (χ0v) is 13.5. The van der Waals surface area contributed by atoms with Crippen LogP contribution in [0, 0.1) is 12.7 Å². The van der Waals surface area contributed by atoms with E-state index in [0.717, 1.165) is 23.6 Å². The van der Waals surface area contributed by atoms with Crippen LogP contribution in [0.2, 0.25) is 0 Å². The summed E-state index contributed by atoms with van der Waals surface area (Å²) >= 11 is 3.56. The van der Waals surface area contributed by atoms with Crippen molar-refractivity contribution in [1.82, 2.24) is 5.32 Å². The summed E-state index contributed by atoms with van der Waals surface area (Å²) in [7, 11) is 0. The number of nitrogens with one attached hydrogen (secondary N) is 1. The minimum atomic E-state index is -0.177. The first-order chi connectivity index (χ1) is 9.69. The molecule has 0 bridgehead atoms. The number of rotatable bonds is 7. The molecule has 0 saturated heterocycles. The van der Waals surface area contributed by atoms with Crippen molar-refractivity contribution in [3.8, 4) is 0 Å². The zero-order chi connectivity index (χ0) is 14.4. The summed E-state index contributed by atoms with van der Waals surface area (Å²) in [6.45, 7) is 5.33. The maximum Gasteiger partial charge on any atom is 0.123 e. The molecule has 0 saturated carbocycles. The Morgan fingerprint density at radius 2 is 2.05 bits per heavy atom. The molecule has 1 N–H and O–H groups in total. The van der Waals surface area contributed by atoms with Gasteiger partial charge in [-0.1, -0.05) is 6.92 Å². The number of halogens is 1. The molecule has 0 spiro atoms. The Kier molecular flexibility index (Phi) is 6.07. The standard InChI is InChI=1S/C16H20FNS2/c1-3-8-18-16(13-9-12(2)19-10-13)11-20-15-6-4-14(17)5-7-15/h4-7,9-10,16,18H,3,8,11H2,1-2H3. The predicted octanol–water partition coefficient (Wildman–Crippen LogP) is 5.03. The van der Waals surface area contributed by atoms with Gasteiger partial charge in [0.2, 0.25) is 0 Å². The van der Waals surface area contributed by atoms with Gasteiger partial charge in [-0.05, 0) is 61.2 Å². The molecule has 0 aliphatic rings. The third-order valence-electron chi connectivity index (χ3n) is 3.02. The van der Waals surface area contributed by atoms with Gasteiger partial charge in [0, 0.05) is 21.6 Å². The molecule has 1 atom stereocenters. The minimum absolute atomic E-state index is 0.177. The quantitative estimate of drug-likeness (QED) is 0.720. The molecule has 0 radical (unpaired) electrons. The molecule has 2 aromatic rings. The highest BCUT2D eigenvalue weighted by molar-refractivity contribution is 7.99. The first-order valence-electron chi connectivity index (χ1n) is 6.86. The van der Waals surface area contributed by atoms with Crippen LogP contribution in [0.4, 0.5) is 4.39 Å². The molecule has 108 valence electrons. The van der Waals surface area contributed by atoms with E-state index in [0.29, 0.717) is 6.04 Å². The van der Waals surface area contributed by atoms with E-state index >= 15 is 0 Å². The van der Waals surface area contributed by atoms with Crippen molar-refractivity contribution >= 4 is 23.1 Å². The van der Waals surface area contributed by atoms with Gasteiger partial charge in [-0.25, -0.2) is 4.39 Å². The summed E-state index contributed by atoms with van der Waals surface area (Å²) in [5, 5.41) is 5.82. The molecular weight excluding hydrogens is 289 g/mol.